The predicted molar refractivity (Wildman–Crippen MR) is 126 cm³/mol. The molecule has 158 valence electrons. The fraction of sp³-hybridized carbons (Fsp3) is 0.333. The van der Waals surface area contributed by atoms with Crippen LogP contribution < -0.4 is 5.32 Å². The van der Waals surface area contributed by atoms with Gasteiger partial charge in [-0.2, -0.15) is 5.26 Å². The van der Waals surface area contributed by atoms with E-state index in [0.29, 0.717) is 15.7 Å². The molecule has 0 saturated carbocycles. The van der Waals surface area contributed by atoms with Crippen LogP contribution in [0, 0.1) is 11.3 Å². The number of hydrogen-bond acceptors (Lipinski definition) is 6. The van der Waals surface area contributed by atoms with E-state index in [2.05, 4.69) is 16.4 Å². The summed E-state index contributed by atoms with van der Waals surface area (Å²) in [5, 5.41) is 15.3. The van der Waals surface area contributed by atoms with E-state index in [4.69, 9.17) is 4.98 Å². The van der Waals surface area contributed by atoms with E-state index >= 15 is 0 Å². The minimum Gasteiger partial charge on any atom is -0.301 e. The summed E-state index contributed by atoms with van der Waals surface area (Å²) < 4.78 is 0. The van der Waals surface area contributed by atoms with E-state index in [9.17, 15) is 10.1 Å². The maximum Gasteiger partial charge on any atom is 0.239 e. The van der Waals surface area contributed by atoms with E-state index in [1.807, 2.05) is 48.7 Å². The van der Waals surface area contributed by atoms with Crippen LogP contribution in [-0.4, -0.2) is 21.1 Å². The lowest BCUT2D eigenvalue weighted by Crippen LogP contribution is -2.22. The second kappa shape index (κ2) is 10.1. The van der Waals surface area contributed by atoms with Gasteiger partial charge in [0.05, 0.1) is 16.5 Å². The number of rotatable bonds is 5. The highest BCUT2D eigenvalue weighted by Crippen LogP contribution is 2.30. The second-order valence-corrected chi connectivity index (χ2v) is 9.81. The third-order valence-electron chi connectivity index (χ3n) is 5.35. The number of nitrogens with zero attached hydrogens (tertiary/aromatic N) is 3. The predicted octanol–water partition coefficient (Wildman–Crippen LogP) is 5.86. The van der Waals surface area contributed by atoms with Crippen molar-refractivity contribution in [2.24, 2.45) is 0 Å². The first-order valence-corrected chi connectivity index (χ1v) is 12.3. The third-order valence-corrected chi connectivity index (χ3v) is 7.21. The van der Waals surface area contributed by atoms with Gasteiger partial charge in [-0.25, -0.2) is 9.97 Å². The van der Waals surface area contributed by atoms with Crippen LogP contribution in [0.15, 0.2) is 46.8 Å². The Balaban J connectivity index is 1.46. The van der Waals surface area contributed by atoms with Gasteiger partial charge in [-0.05, 0) is 44.2 Å². The van der Waals surface area contributed by atoms with Crippen molar-refractivity contribution in [2.45, 2.75) is 55.7 Å². The van der Waals surface area contributed by atoms with Crippen molar-refractivity contribution >= 4 is 34.1 Å². The van der Waals surface area contributed by atoms with E-state index in [1.165, 1.54) is 41.5 Å². The molecule has 0 saturated heterocycles. The molecule has 1 atom stereocenters. The molecule has 1 aliphatic rings. The van der Waals surface area contributed by atoms with Crippen molar-refractivity contribution in [2.75, 3.05) is 5.32 Å². The molecular formula is C24H24N4OS2. The highest BCUT2D eigenvalue weighted by Gasteiger charge is 2.21. The number of thiazole rings is 1. The molecule has 0 fully saturated rings. The van der Waals surface area contributed by atoms with Gasteiger partial charge in [0.1, 0.15) is 11.1 Å². The zero-order valence-corrected chi connectivity index (χ0v) is 19.1. The number of aromatic nitrogens is 2. The minimum atomic E-state index is -0.393. The normalized spacial score (nSPS) is 14.6. The molecule has 4 rings (SSSR count). The third kappa shape index (κ3) is 5.33. The summed E-state index contributed by atoms with van der Waals surface area (Å²) in [5.74, 6) is -0.142. The monoisotopic (exact) mass is 448 g/mol. The van der Waals surface area contributed by atoms with Crippen LogP contribution in [0.5, 0.6) is 0 Å². The molecule has 3 aromatic rings. The summed E-state index contributed by atoms with van der Waals surface area (Å²) in [7, 11) is 0. The lowest BCUT2D eigenvalue weighted by Gasteiger charge is -2.16. The van der Waals surface area contributed by atoms with E-state index in [1.54, 1.807) is 0 Å². The number of nitrogens with one attached hydrogen (secondary N) is 1. The molecule has 1 N–H and O–H groups in total. The molecule has 0 spiro atoms. The Hall–Kier alpha value is -2.69. The molecule has 0 aliphatic heterocycles. The Morgan fingerprint density at radius 1 is 1.16 bits per heavy atom. The number of fused-ring (bicyclic) bond motifs is 1. The Kier molecular flexibility index (Phi) is 7.00. The molecule has 1 amide bonds. The fourth-order valence-corrected chi connectivity index (χ4v) is 5.26. The maximum atomic E-state index is 12.8. The first-order valence-electron chi connectivity index (χ1n) is 10.6. The van der Waals surface area contributed by atoms with Gasteiger partial charge < -0.3 is 5.32 Å². The summed E-state index contributed by atoms with van der Waals surface area (Å²) in [6.07, 6.45) is 6.64. The van der Waals surface area contributed by atoms with Gasteiger partial charge in [-0.15, -0.1) is 11.3 Å². The number of hydrogen-bond donors (Lipinski definition) is 1. The molecular weight excluding hydrogens is 424 g/mol. The molecule has 1 unspecified atom stereocenters. The zero-order valence-electron chi connectivity index (χ0n) is 17.4. The van der Waals surface area contributed by atoms with E-state index < -0.39 is 5.25 Å². The highest BCUT2D eigenvalue weighted by atomic mass is 32.2. The SMILES string of the molecule is CC(Sc1nc2c(cc1C#N)CCCCCC2)C(=O)Nc1nc(-c2ccccc2)cs1. The summed E-state index contributed by atoms with van der Waals surface area (Å²) in [5.41, 5.74) is 4.70. The van der Waals surface area contributed by atoms with Crippen LogP contribution >= 0.6 is 23.1 Å². The number of carbonyl (C=O) groups is 1. The van der Waals surface area contributed by atoms with E-state index in [-0.39, 0.29) is 5.91 Å². The van der Waals surface area contributed by atoms with Crippen molar-refractivity contribution in [3.63, 3.8) is 0 Å². The van der Waals surface area contributed by atoms with Crippen LogP contribution in [0.25, 0.3) is 11.3 Å². The number of anilines is 1. The van der Waals surface area contributed by atoms with Gasteiger partial charge in [0.15, 0.2) is 5.13 Å². The first kappa shape index (κ1) is 21.5. The number of nitriles is 1. The standard InChI is InChI=1S/C24H24N4OS2/c1-16(22(29)28-24-27-21(15-30-24)17-9-6-4-7-10-17)31-23-19(14-25)13-18-11-5-2-3-8-12-20(18)26-23/h4,6-7,9-10,13,15-16H,2-3,5,8,11-12H2,1H3,(H,27,28,29). The minimum absolute atomic E-state index is 0.142. The Morgan fingerprint density at radius 2 is 1.94 bits per heavy atom. The molecule has 0 bridgehead atoms. The zero-order chi connectivity index (χ0) is 21.6. The molecule has 2 aromatic heterocycles. The molecule has 31 heavy (non-hydrogen) atoms. The number of benzene rings is 1. The smallest absolute Gasteiger partial charge is 0.239 e. The molecule has 2 heterocycles. The number of amides is 1. The van der Waals surface area contributed by atoms with E-state index in [0.717, 1.165) is 42.6 Å². The quantitative estimate of drug-likeness (QED) is 0.495. The number of aryl methyl sites for hydroxylation is 2. The van der Waals surface area contributed by atoms with Crippen molar-refractivity contribution in [1.82, 2.24) is 9.97 Å². The van der Waals surface area contributed by atoms with Gasteiger partial charge in [0, 0.05) is 16.6 Å². The van der Waals surface area contributed by atoms with Crippen LogP contribution in [0.4, 0.5) is 5.13 Å². The van der Waals surface area contributed by atoms with Gasteiger partial charge in [0.2, 0.25) is 5.91 Å². The van der Waals surface area contributed by atoms with Gasteiger partial charge in [0.25, 0.3) is 0 Å². The Bertz CT molecular complexity index is 1100. The second-order valence-electron chi connectivity index (χ2n) is 7.63. The van der Waals surface area contributed by atoms with Gasteiger partial charge >= 0.3 is 0 Å². The van der Waals surface area contributed by atoms with Crippen LogP contribution in [0.3, 0.4) is 0 Å². The summed E-state index contributed by atoms with van der Waals surface area (Å²) in [4.78, 5) is 22.1. The van der Waals surface area contributed by atoms with Gasteiger partial charge in [-0.3, -0.25) is 4.79 Å². The van der Waals surface area contributed by atoms with Crippen LogP contribution in [0.1, 0.15) is 49.4 Å². The first-order chi connectivity index (χ1) is 15.1. The van der Waals surface area contributed by atoms with Crippen molar-refractivity contribution in [1.29, 1.82) is 5.26 Å². The molecule has 7 heteroatoms. The van der Waals surface area contributed by atoms with Crippen LogP contribution in [0.2, 0.25) is 0 Å². The lowest BCUT2D eigenvalue weighted by atomic mass is 9.96. The largest absolute Gasteiger partial charge is 0.301 e. The van der Waals surface area contributed by atoms with Crippen molar-refractivity contribution in [3.05, 3.63) is 58.6 Å². The van der Waals surface area contributed by atoms with Crippen LogP contribution in [-0.2, 0) is 17.6 Å². The highest BCUT2D eigenvalue weighted by molar-refractivity contribution is 8.00. The Labute approximate surface area is 190 Å². The molecule has 5 nitrogen and oxygen atoms in total. The maximum absolute atomic E-state index is 12.8. The molecule has 1 aromatic carbocycles. The topological polar surface area (TPSA) is 78.7 Å². The lowest BCUT2D eigenvalue weighted by molar-refractivity contribution is -0.115. The number of carbonyl (C=O) groups excluding carboxylic acids is 1. The number of pyridine rings is 1. The van der Waals surface area contributed by atoms with Crippen molar-refractivity contribution < 1.29 is 4.79 Å². The average molecular weight is 449 g/mol. The molecule has 1 aliphatic carbocycles. The number of thioether (sulfide) groups is 1. The van der Waals surface area contributed by atoms with Crippen molar-refractivity contribution in [3.8, 4) is 17.3 Å². The fourth-order valence-electron chi connectivity index (χ4n) is 3.64. The summed E-state index contributed by atoms with van der Waals surface area (Å²) in [6, 6.07) is 14.1. The summed E-state index contributed by atoms with van der Waals surface area (Å²) >= 11 is 2.75. The van der Waals surface area contributed by atoms with Gasteiger partial charge in [-0.1, -0.05) is 54.9 Å². The Morgan fingerprint density at radius 3 is 2.71 bits per heavy atom. The molecule has 0 radical (unpaired) electrons. The average Bonchev–Trinajstić information content (AvgIpc) is 3.23. The summed E-state index contributed by atoms with van der Waals surface area (Å²) in [6.45, 7) is 1.84.